The minimum atomic E-state index is -1.73. The number of benzene rings is 1. The average Bonchev–Trinajstić information content (AvgIpc) is 2.27. The summed E-state index contributed by atoms with van der Waals surface area (Å²) in [6.07, 6.45) is -1.30. The molecular formula is C10H9Cl2NO3. The Balaban J connectivity index is 2.78. The largest absolute Gasteiger partial charge is 0.465 e. The van der Waals surface area contributed by atoms with Gasteiger partial charge in [-0.05, 0) is 5.56 Å². The number of halogens is 2. The van der Waals surface area contributed by atoms with Crippen LogP contribution in [0.15, 0.2) is 30.3 Å². The van der Waals surface area contributed by atoms with Gasteiger partial charge in [0, 0.05) is 0 Å². The molecule has 86 valence electrons. The fourth-order valence-corrected chi connectivity index (χ4v) is 1.46. The van der Waals surface area contributed by atoms with Gasteiger partial charge in [0.2, 0.25) is 4.33 Å². The summed E-state index contributed by atoms with van der Waals surface area (Å²) >= 11 is 11.8. The van der Waals surface area contributed by atoms with E-state index in [2.05, 4.69) is 0 Å². The van der Waals surface area contributed by atoms with Gasteiger partial charge in [-0.25, -0.2) is 4.79 Å². The molecular weight excluding hydrogens is 253 g/mol. The molecule has 1 aromatic carbocycles. The smallest absolute Gasteiger partial charge is 0.405 e. The monoisotopic (exact) mass is 261 g/mol. The summed E-state index contributed by atoms with van der Waals surface area (Å²) in [6.45, 7) is -0.433. The molecule has 0 aromatic heterocycles. The SMILES string of the molecule is O=C(O)NCC(=O)C(Cl)(Cl)c1ccccc1. The van der Waals surface area contributed by atoms with Crippen LogP contribution in [0.3, 0.4) is 0 Å². The molecule has 4 nitrogen and oxygen atoms in total. The molecule has 0 aliphatic rings. The highest BCUT2D eigenvalue weighted by molar-refractivity contribution is 6.57. The van der Waals surface area contributed by atoms with Gasteiger partial charge < -0.3 is 10.4 Å². The number of carbonyl (C=O) groups is 2. The molecule has 0 fully saturated rings. The predicted octanol–water partition coefficient (Wildman–Crippen LogP) is 2.15. The third-order valence-electron chi connectivity index (χ3n) is 1.89. The first-order valence-electron chi connectivity index (χ1n) is 4.38. The van der Waals surface area contributed by atoms with E-state index in [0.29, 0.717) is 5.56 Å². The molecule has 0 radical (unpaired) electrons. The van der Waals surface area contributed by atoms with E-state index in [4.69, 9.17) is 28.3 Å². The number of Topliss-reactive ketones (excluding diaryl/α,β-unsaturated/α-hetero) is 1. The van der Waals surface area contributed by atoms with Gasteiger partial charge in [-0.3, -0.25) is 4.79 Å². The van der Waals surface area contributed by atoms with Crippen molar-refractivity contribution in [3.63, 3.8) is 0 Å². The van der Waals surface area contributed by atoms with E-state index in [1.54, 1.807) is 30.3 Å². The van der Waals surface area contributed by atoms with Gasteiger partial charge in [-0.1, -0.05) is 53.5 Å². The van der Waals surface area contributed by atoms with Gasteiger partial charge in [0.15, 0.2) is 5.78 Å². The van der Waals surface area contributed by atoms with Gasteiger partial charge in [-0.2, -0.15) is 0 Å². The fraction of sp³-hybridized carbons (Fsp3) is 0.200. The van der Waals surface area contributed by atoms with Crippen molar-refractivity contribution in [2.75, 3.05) is 6.54 Å². The lowest BCUT2D eigenvalue weighted by Crippen LogP contribution is -2.35. The summed E-state index contributed by atoms with van der Waals surface area (Å²) in [6, 6.07) is 8.32. The second-order valence-electron chi connectivity index (χ2n) is 3.02. The van der Waals surface area contributed by atoms with Crippen LogP contribution in [-0.2, 0) is 9.13 Å². The maximum atomic E-state index is 11.6. The first kappa shape index (κ1) is 12.8. The van der Waals surface area contributed by atoms with Crippen molar-refractivity contribution in [2.45, 2.75) is 4.33 Å². The zero-order chi connectivity index (χ0) is 12.2. The van der Waals surface area contributed by atoms with Crippen LogP contribution in [0.5, 0.6) is 0 Å². The lowest BCUT2D eigenvalue weighted by atomic mass is 10.1. The average molecular weight is 262 g/mol. The molecule has 2 N–H and O–H groups in total. The third-order valence-corrected chi connectivity index (χ3v) is 2.74. The Hall–Kier alpha value is -1.26. The van der Waals surface area contributed by atoms with Crippen LogP contribution in [0.1, 0.15) is 5.56 Å². The number of carbonyl (C=O) groups excluding carboxylic acids is 1. The second kappa shape index (κ2) is 5.18. The summed E-state index contributed by atoms with van der Waals surface area (Å²) in [7, 11) is 0. The molecule has 0 aliphatic heterocycles. The van der Waals surface area contributed by atoms with Crippen LogP contribution in [0, 0.1) is 0 Å². The highest BCUT2D eigenvalue weighted by Gasteiger charge is 2.35. The molecule has 0 heterocycles. The number of carboxylic acid groups (broad SMARTS) is 1. The molecule has 0 saturated heterocycles. The summed E-state index contributed by atoms with van der Waals surface area (Å²) in [4.78, 5) is 21.8. The minimum absolute atomic E-state index is 0.413. The van der Waals surface area contributed by atoms with Gasteiger partial charge in [0.1, 0.15) is 0 Å². The van der Waals surface area contributed by atoms with Crippen LogP contribution in [-0.4, -0.2) is 23.5 Å². The maximum absolute atomic E-state index is 11.6. The van der Waals surface area contributed by atoms with Crippen LogP contribution in [0.25, 0.3) is 0 Å². The van der Waals surface area contributed by atoms with Crippen LogP contribution >= 0.6 is 23.2 Å². The van der Waals surface area contributed by atoms with Gasteiger partial charge >= 0.3 is 6.09 Å². The normalized spacial score (nSPS) is 10.9. The fourth-order valence-electron chi connectivity index (χ4n) is 1.08. The second-order valence-corrected chi connectivity index (χ2v) is 4.35. The Kier molecular flexibility index (Phi) is 4.15. The van der Waals surface area contributed by atoms with E-state index in [0.717, 1.165) is 0 Å². The maximum Gasteiger partial charge on any atom is 0.405 e. The van der Waals surface area contributed by atoms with Crippen molar-refractivity contribution < 1.29 is 14.7 Å². The standard InChI is InChI=1S/C10H9Cl2NO3/c11-10(12,7-4-2-1-3-5-7)8(14)6-13-9(15)16/h1-5,13H,6H2,(H,15,16). The number of alkyl halides is 2. The molecule has 0 atom stereocenters. The molecule has 0 saturated carbocycles. The summed E-state index contributed by atoms with van der Waals surface area (Å²) in [5.41, 5.74) is 0.413. The molecule has 1 aromatic rings. The van der Waals surface area contributed by atoms with Crippen LogP contribution < -0.4 is 5.32 Å². The van der Waals surface area contributed by atoms with E-state index < -0.39 is 22.8 Å². The first-order chi connectivity index (χ1) is 7.44. The van der Waals surface area contributed by atoms with E-state index in [1.165, 1.54) is 0 Å². The molecule has 6 heteroatoms. The zero-order valence-electron chi connectivity index (χ0n) is 8.11. The summed E-state index contributed by atoms with van der Waals surface area (Å²) in [5, 5.41) is 10.3. The van der Waals surface area contributed by atoms with E-state index in [1.807, 2.05) is 5.32 Å². The van der Waals surface area contributed by atoms with Crippen molar-refractivity contribution in [3.05, 3.63) is 35.9 Å². The van der Waals surface area contributed by atoms with Gasteiger partial charge in [0.05, 0.1) is 6.54 Å². The predicted molar refractivity (Wildman–Crippen MR) is 60.9 cm³/mol. The van der Waals surface area contributed by atoms with Crippen molar-refractivity contribution in [3.8, 4) is 0 Å². The number of rotatable bonds is 4. The number of ketones is 1. The highest BCUT2D eigenvalue weighted by atomic mass is 35.5. The Morgan fingerprint density at radius 2 is 1.81 bits per heavy atom. The quantitative estimate of drug-likeness (QED) is 0.817. The Bertz CT molecular complexity index is 392. The van der Waals surface area contributed by atoms with E-state index >= 15 is 0 Å². The minimum Gasteiger partial charge on any atom is -0.465 e. The lowest BCUT2D eigenvalue weighted by Gasteiger charge is -2.18. The molecule has 0 aliphatic carbocycles. The van der Waals surface area contributed by atoms with Crippen molar-refractivity contribution in [1.82, 2.24) is 5.32 Å². The van der Waals surface area contributed by atoms with Gasteiger partial charge in [0.25, 0.3) is 0 Å². The Morgan fingerprint density at radius 3 is 2.31 bits per heavy atom. The number of nitrogens with one attached hydrogen (secondary N) is 1. The van der Waals surface area contributed by atoms with Crippen molar-refractivity contribution in [1.29, 1.82) is 0 Å². The molecule has 0 bridgehead atoms. The third kappa shape index (κ3) is 3.12. The lowest BCUT2D eigenvalue weighted by molar-refractivity contribution is -0.119. The number of hydrogen-bond donors (Lipinski definition) is 2. The van der Waals surface area contributed by atoms with Crippen LogP contribution in [0.2, 0.25) is 0 Å². The Labute approximate surface area is 102 Å². The molecule has 16 heavy (non-hydrogen) atoms. The highest BCUT2D eigenvalue weighted by Crippen LogP contribution is 2.34. The van der Waals surface area contributed by atoms with Gasteiger partial charge in [-0.15, -0.1) is 0 Å². The molecule has 1 rings (SSSR count). The number of hydrogen-bond acceptors (Lipinski definition) is 2. The number of amides is 1. The molecule has 0 spiro atoms. The Morgan fingerprint density at radius 1 is 1.25 bits per heavy atom. The first-order valence-corrected chi connectivity index (χ1v) is 5.13. The van der Waals surface area contributed by atoms with E-state index in [-0.39, 0.29) is 0 Å². The summed E-state index contributed by atoms with van der Waals surface area (Å²) in [5.74, 6) is -0.621. The summed E-state index contributed by atoms with van der Waals surface area (Å²) < 4.78 is -1.73. The van der Waals surface area contributed by atoms with Crippen molar-refractivity contribution >= 4 is 35.1 Å². The topological polar surface area (TPSA) is 66.4 Å². The van der Waals surface area contributed by atoms with Crippen molar-refractivity contribution in [2.24, 2.45) is 0 Å². The van der Waals surface area contributed by atoms with Crippen LogP contribution in [0.4, 0.5) is 4.79 Å². The molecule has 0 unspecified atom stereocenters. The molecule has 1 amide bonds. The zero-order valence-corrected chi connectivity index (χ0v) is 9.63. The van der Waals surface area contributed by atoms with E-state index in [9.17, 15) is 9.59 Å².